The molecule has 2 aromatic carbocycles. The van der Waals surface area contributed by atoms with E-state index in [1.807, 2.05) is 61.5 Å². The first-order valence-electron chi connectivity index (χ1n) is 9.57. The Kier molecular flexibility index (Phi) is 6.75. The van der Waals surface area contributed by atoms with E-state index in [9.17, 15) is 4.79 Å². The van der Waals surface area contributed by atoms with Crippen molar-refractivity contribution in [3.8, 4) is 5.75 Å². The molecule has 0 spiro atoms. The first-order valence-corrected chi connectivity index (χ1v) is 11.8. The second-order valence-corrected chi connectivity index (χ2v) is 9.33. The molecule has 0 saturated heterocycles. The minimum atomic E-state index is -0.0331. The van der Waals surface area contributed by atoms with E-state index in [4.69, 9.17) is 21.3 Å². The fourth-order valence-electron chi connectivity index (χ4n) is 3.07. The van der Waals surface area contributed by atoms with Gasteiger partial charge in [-0.15, -0.1) is 11.8 Å². The fraction of sp³-hybridized carbons (Fsp3) is 0.174. The lowest BCUT2D eigenvalue weighted by Crippen LogP contribution is -2.32. The number of pyridine rings is 1. The largest absolute Gasteiger partial charge is 0.497 e. The third-order valence-electron chi connectivity index (χ3n) is 4.64. The van der Waals surface area contributed by atoms with Gasteiger partial charge in [0, 0.05) is 16.1 Å². The van der Waals surface area contributed by atoms with E-state index < -0.39 is 0 Å². The number of anilines is 1. The third kappa shape index (κ3) is 5.18. The number of hydrogen-bond acceptors (Lipinski definition) is 6. The molecular formula is C23H20ClN3O2S2. The van der Waals surface area contributed by atoms with Crippen molar-refractivity contribution in [3.63, 3.8) is 0 Å². The molecule has 0 saturated carbocycles. The number of hydrogen-bond donors (Lipinski definition) is 0. The topological polar surface area (TPSA) is 55.3 Å². The molecule has 5 nitrogen and oxygen atoms in total. The van der Waals surface area contributed by atoms with Crippen LogP contribution in [-0.4, -0.2) is 28.7 Å². The zero-order valence-electron chi connectivity index (χ0n) is 17.0. The molecule has 2 heterocycles. The number of aryl methyl sites for hydroxylation is 1. The second-order valence-electron chi connectivity index (χ2n) is 6.83. The quantitative estimate of drug-likeness (QED) is 0.311. The van der Waals surface area contributed by atoms with Crippen molar-refractivity contribution in [1.82, 2.24) is 9.97 Å². The van der Waals surface area contributed by atoms with Gasteiger partial charge in [-0.2, -0.15) is 0 Å². The van der Waals surface area contributed by atoms with Crippen LogP contribution >= 0.6 is 34.7 Å². The number of aromatic nitrogens is 2. The number of thiazole rings is 1. The lowest BCUT2D eigenvalue weighted by Gasteiger charge is -2.19. The van der Waals surface area contributed by atoms with Gasteiger partial charge in [0.25, 0.3) is 0 Å². The van der Waals surface area contributed by atoms with Crippen LogP contribution < -0.4 is 9.64 Å². The molecule has 0 aliphatic heterocycles. The zero-order chi connectivity index (χ0) is 21.8. The lowest BCUT2D eigenvalue weighted by molar-refractivity contribution is -0.116. The molecular weight excluding hydrogens is 450 g/mol. The van der Waals surface area contributed by atoms with Gasteiger partial charge in [-0.25, -0.2) is 4.98 Å². The number of halogens is 1. The Morgan fingerprint density at radius 2 is 2.00 bits per heavy atom. The predicted molar refractivity (Wildman–Crippen MR) is 129 cm³/mol. The molecule has 0 unspecified atom stereocenters. The van der Waals surface area contributed by atoms with Gasteiger partial charge in [0.15, 0.2) is 5.13 Å². The maximum atomic E-state index is 13.3. The Morgan fingerprint density at radius 3 is 2.71 bits per heavy atom. The molecule has 0 fully saturated rings. The summed E-state index contributed by atoms with van der Waals surface area (Å²) in [6.07, 6.45) is 1.73. The van der Waals surface area contributed by atoms with Gasteiger partial charge < -0.3 is 4.74 Å². The van der Waals surface area contributed by atoms with Crippen molar-refractivity contribution in [2.24, 2.45) is 0 Å². The minimum Gasteiger partial charge on any atom is -0.497 e. The highest BCUT2D eigenvalue weighted by molar-refractivity contribution is 8.00. The van der Waals surface area contributed by atoms with E-state index in [0.717, 1.165) is 32.1 Å². The molecule has 0 aliphatic rings. The summed E-state index contributed by atoms with van der Waals surface area (Å²) < 4.78 is 6.16. The highest BCUT2D eigenvalue weighted by atomic mass is 35.5. The SMILES string of the molecule is COc1ccc(SCC(=O)N(Cc2ccccn2)c2nc3c(C)cc(Cl)cc3s2)cc1. The van der Waals surface area contributed by atoms with Crippen LogP contribution in [0.4, 0.5) is 5.13 Å². The molecule has 0 bridgehead atoms. The summed E-state index contributed by atoms with van der Waals surface area (Å²) in [6.45, 7) is 2.33. The molecule has 158 valence electrons. The second kappa shape index (κ2) is 9.68. The molecule has 0 radical (unpaired) electrons. The Bertz CT molecular complexity index is 1200. The fourth-order valence-corrected chi connectivity index (χ4v) is 5.28. The molecule has 4 rings (SSSR count). The number of ether oxygens (including phenoxy) is 1. The molecule has 8 heteroatoms. The highest BCUT2D eigenvalue weighted by Crippen LogP contribution is 2.34. The van der Waals surface area contributed by atoms with E-state index in [2.05, 4.69) is 4.98 Å². The van der Waals surface area contributed by atoms with Crippen molar-refractivity contribution in [3.05, 3.63) is 77.1 Å². The number of carbonyl (C=O) groups excluding carboxylic acids is 1. The maximum absolute atomic E-state index is 13.3. The summed E-state index contributed by atoms with van der Waals surface area (Å²) in [6, 6.07) is 17.1. The Balaban J connectivity index is 1.60. The molecule has 31 heavy (non-hydrogen) atoms. The summed E-state index contributed by atoms with van der Waals surface area (Å²) in [7, 11) is 1.63. The number of amides is 1. The van der Waals surface area contributed by atoms with E-state index in [0.29, 0.717) is 16.7 Å². The standard InChI is InChI=1S/C23H20ClN3O2S2/c1-15-11-16(24)12-20-22(15)26-23(31-20)27(13-17-5-3-4-10-25-17)21(28)14-30-19-8-6-18(29-2)7-9-19/h3-12H,13-14H2,1-2H3. The first-order chi connectivity index (χ1) is 15.0. The van der Waals surface area contributed by atoms with Gasteiger partial charge in [0.2, 0.25) is 5.91 Å². The summed E-state index contributed by atoms with van der Waals surface area (Å²) in [4.78, 5) is 25.1. The van der Waals surface area contributed by atoms with E-state index in [1.165, 1.54) is 23.1 Å². The molecule has 2 aromatic heterocycles. The van der Waals surface area contributed by atoms with Crippen molar-refractivity contribution in [1.29, 1.82) is 0 Å². The first kappa shape index (κ1) is 21.6. The molecule has 0 N–H and O–H groups in total. The third-order valence-corrected chi connectivity index (χ3v) is 6.88. The number of methoxy groups -OCH3 is 1. The van der Waals surface area contributed by atoms with Crippen molar-refractivity contribution in [2.45, 2.75) is 18.4 Å². The molecule has 0 aliphatic carbocycles. The van der Waals surface area contributed by atoms with Crippen LogP contribution in [-0.2, 0) is 11.3 Å². The monoisotopic (exact) mass is 469 g/mol. The van der Waals surface area contributed by atoms with E-state index in [1.54, 1.807) is 18.2 Å². The highest BCUT2D eigenvalue weighted by Gasteiger charge is 2.21. The smallest absolute Gasteiger partial charge is 0.239 e. The molecule has 0 atom stereocenters. The summed E-state index contributed by atoms with van der Waals surface area (Å²) in [5.41, 5.74) is 2.66. The Labute approximate surface area is 194 Å². The van der Waals surface area contributed by atoms with Gasteiger partial charge >= 0.3 is 0 Å². The van der Waals surface area contributed by atoms with Gasteiger partial charge in [-0.05, 0) is 61.0 Å². The summed E-state index contributed by atoms with van der Waals surface area (Å²) in [5, 5.41) is 1.31. The number of nitrogens with zero attached hydrogens (tertiary/aromatic N) is 3. The van der Waals surface area contributed by atoms with Crippen LogP contribution in [0.3, 0.4) is 0 Å². The number of thioether (sulfide) groups is 1. The Hall–Kier alpha value is -2.61. The molecule has 1 amide bonds. The Morgan fingerprint density at radius 1 is 1.19 bits per heavy atom. The predicted octanol–water partition coefficient (Wildman–Crippen LogP) is 5.99. The van der Waals surface area contributed by atoms with Gasteiger partial charge in [-0.3, -0.25) is 14.7 Å². The van der Waals surface area contributed by atoms with Gasteiger partial charge in [-0.1, -0.05) is 29.0 Å². The normalized spacial score (nSPS) is 10.9. The number of fused-ring (bicyclic) bond motifs is 1. The number of rotatable bonds is 7. The van der Waals surface area contributed by atoms with Gasteiger partial charge in [0.1, 0.15) is 5.75 Å². The van der Waals surface area contributed by atoms with Crippen LogP contribution in [0.2, 0.25) is 5.02 Å². The molecule has 4 aromatic rings. The number of benzene rings is 2. The maximum Gasteiger partial charge on any atom is 0.239 e. The van der Waals surface area contributed by atoms with E-state index in [-0.39, 0.29) is 11.7 Å². The van der Waals surface area contributed by atoms with Crippen LogP contribution in [0.5, 0.6) is 5.75 Å². The summed E-state index contributed by atoms with van der Waals surface area (Å²) >= 11 is 9.17. The average molecular weight is 470 g/mol. The minimum absolute atomic E-state index is 0.0331. The van der Waals surface area contributed by atoms with Crippen LogP contribution in [0.25, 0.3) is 10.2 Å². The van der Waals surface area contributed by atoms with Crippen molar-refractivity contribution < 1.29 is 9.53 Å². The van der Waals surface area contributed by atoms with Crippen LogP contribution in [0.15, 0.2) is 65.7 Å². The lowest BCUT2D eigenvalue weighted by atomic mass is 10.2. The van der Waals surface area contributed by atoms with Crippen molar-refractivity contribution in [2.75, 3.05) is 17.8 Å². The zero-order valence-corrected chi connectivity index (χ0v) is 19.4. The van der Waals surface area contributed by atoms with Gasteiger partial charge in [0.05, 0.1) is 35.3 Å². The van der Waals surface area contributed by atoms with E-state index >= 15 is 0 Å². The summed E-state index contributed by atoms with van der Waals surface area (Å²) in [5.74, 6) is 1.04. The van der Waals surface area contributed by atoms with Crippen LogP contribution in [0, 0.1) is 6.92 Å². The number of carbonyl (C=O) groups is 1. The van der Waals surface area contributed by atoms with Crippen LogP contribution in [0.1, 0.15) is 11.3 Å². The van der Waals surface area contributed by atoms with Crippen molar-refractivity contribution >= 4 is 56.0 Å². The average Bonchev–Trinajstić information content (AvgIpc) is 3.21.